The first-order valence-corrected chi connectivity index (χ1v) is 4.41. The number of likely N-dealkylation sites (N-methyl/N-ethyl adjacent to an activating group) is 1. The maximum atomic E-state index is 11.2. The number of carbonyl (C=O) groups excluding carboxylic acids is 1. The minimum absolute atomic E-state index is 0.134. The molecule has 1 fully saturated rings. The number of nitrogens with zero attached hydrogens (tertiary/aromatic N) is 1. The van der Waals surface area contributed by atoms with Crippen LogP contribution in [0, 0.1) is 17.8 Å². The Morgan fingerprint density at radius 2 is 2.33 bits per heavy atom. The largest absolute Gasteiger partial charge is 0.298 e. The Morgan fingerprint density at radius 3 is 2.92 bits per heavy atom. The Labute approximate surface area is 72.9 Å². The van der Waals surface area contributed by atoms with Crippen LogP contribution in [0.3, 0.4) is 0 Å². The summed E-state index contributed by atoms with van der Waals surface area (Å²) in [6.07, 6.45) is 1.90. The summed E-state index contributed by atoms with van der Waals surface area (Å²) in [5, 5.41) is 0. The molecule has 0 amide bonds. The van der Waals surface area contributed by atoms with Crippen LogP contribution < -0.4 is 0 Å². The van der Waals surface area contributed by atoms with Gasteiger partial charge in [-0.3, -0.25) is 9.69 Å². The number of likely N-dealkylation sites (tertiary alicyclic amines) is 1. The fourth-order valence-corrected chi connectivity index (χ4v) is 2.27. The molecule has 1 saturated heterocycles. The Kier molecular flexibility index (Phi) is 1.69. The van der Waals surface area contributed by atoms with E-state index in [1.165, 1.54) is 0 Å². The Morgan fingerprint density at radius 1 is 1.58 bits per heavy atom. The summed E-state index contributed by atoms with van der Waals surface area (Å²) in [4.78, 5) is 13.4. The smallest absolute Gasteiger partial charge is 0.146 e. The van der Waals surface area contributed by atoms with Gasteiger partial charge in [0.15, 0.2) is 0 Å². The van der Waals surface area contributed by atoms with E-state index in [0.29, 0.717) is 12.0 Å². The lowest BCUT2D eigenvalue weighted by molar-refractivity contribution is -0.121. The Hall–Kier alpha value is -0.810. The maximum Gasteiger partial charge on any atom is 0.146 e. The molecular weight excluding hydrogens is 150 g/mol. The zero-order chi connectivity index (χ0) is 8.72. The minimum Gasteiger partial charge on any atom is -0.298 e. The van der Waals surface area contributed by atoms with E-state index in [-0.39, 0.29) is 11.8 Å². The van der Waals surface area contributed by atoms with Crippen LogP contribution in [0.1, 0.15) is 19.8 Å². The number of carbonyl (C=O) groups is 1. The summed E-state index contributed by atoms with van der Waals surface area (Å²) in [6, 6.07) is 0.633. The molecule has 0 radical (unpaired) electrons. The highest BCUT2D eigenvalue weighted by molar-refractivity contribution is 5.82. The van der Waals surface area contributed by atoms with E-state index in [2.05, 4.69) is 16.7 Å². The summed E-state index contributed by atoms with van der Waals surface area (Å²) >= 11 is 0. The molecule has 0 spiro atoms. The van der Waals surface area contributed by atoms with E-state index in [1.807, 2.05) is 7.05 Å². The van der Waals surface area contributed by atoms with Gasteiger partial charge in [0, 0.05) is 18.4 Å². The van der Waals surface area contributed by atoms with Gasteiger partial charge in [-0.25, -0.2) is 0 Å². The molecule has 0 unspecified atom stereocenters. The van der Waals surface area contributed by atoms with Crippen molar-refractivity contribution in [2.75, 3.05) is 7.05 Å². The lowest BCUT2D eigenvalue weighted by Gasteiger charge is -2.21. The van der Waals surface area contributed by atoms with Gasteiger partial charge in [0.2, 0.25) is 0 Å². The van der Waals surface area contributed by atoms with E-state index in [9.17, 15) is 4.79 Å². The number of hydrogen-bond acceptors (Lipinski definition) is 2. The van der Waals surface area contributed by atoms with Gasteiger partial charge in [0.25, 0.3) is 0 Å². The summed E-state index contributed by atoms with van der Waals surface area (Å²) < 4.78 is 0. The molecule has 64 valence electrons. The van der Waals surface area contributed by atoms with Crippen LogP contribution in [-0.4, -0.2) is 29.8 Å². The van der Waals surface area contributed by atoms with Crippen LogP contribution in [-0.2, 0) is 4.79 Å². The second-order valence-corrected chi connectivity index (χ2v) is 3.73. The second kappa shape index (κ2) is 2.60. The lowest BCUT2D eigenvalue weighted by atomic mass is 10.0. The molecule has 0 saturated carbocycles. The first-order chi connectivity index (χ1) is 5.70. The Bertz CT molecular complexity index is 273. The predicted molar refractivity (Wildman–Crippen MR) is 46.5 cm³/mol. The van der Waals surface area contributed by atoms with E-state index >= 15 is 0 Å². The molecule has 0 aromatic rings. The van der Waals surface area contributed by atoms with Crippen LogP contribution in [0.4, 0.5) is 0 Å². The lowest BCUT2D eigenvalue weighted by Crippen LogP contribution is -2.36. The number of hydrogen-bond donors (Lipinski definition) is 0. The third-order valence-corrected chi connectivity index (χ3v) is 3.02. The molecule has 12 heavy (non-hydrogen) atoms. The predicted octanol–water partition coefficient (Wildman–Crippen LogP) is 0.671. The van der Waals surface area contributed by atoms with Crippen LogP contribution in [0.15, 0.2) is 0 Å². The number of ketones is 1. The molecule has 0 bridgehead atoms. The van der Waals surface area contributed by atoms with Gasteiger partial charge in [-0.15, -0.1) is 5.92 Å². The first-order valence-electron chi connectivity index (χ1n) is 4.41. The van der Waals surface area contributed by atoms with Crippen molar-refractivity contribution >= 4 is 5.78 Å². The molecule has 0 aromatic heterocycles. The highest BCUT2D eigenvalue weighted by atomic mass is 16.1. The SMILES string of the molecule is CC(=O)[C@@H]1C[C@H]2C#CC[C@H]2N1C. The van der Waals surface area contributed by atoms with E-state index < -0.39 is 0 Å². The molecule has 1 heterocycles. The van der Waals surface area contributed by atoms with Crippen LogP contribution >= 0.6 is 0 Å². The van der Waals surface area contributed by atoms with Gasteiger partial charge in [0.1, 0.15) is 5.78 Å². The van der Waals surface area contributed by atoms with Crippen LogP contribution in [0.2, 0.25) is 0 Å². The van der Waals surface area contributed by atoms with Gasteiger partial charge < -0.3 is 0 Å². The van der Waals surface area contributed by atoms with Crippen molar-refractivity contribution < 1.29 is 4.79 Å². The number of rotatable bonds is 1. The van der Waals surface area contributed by atoms with Crippen molar-refractivity contribution in [1.29, 1.82) is 0 Å². The van der Waals surface area contributed by atoms with Crippen LogP contribution in [0.5, 0.6) is 0 Å². The molecule has 0 N–H and O–H groups in total. The quantitative estimate of drug-likeness (QED) is 0.530. The number of fused-ring (bicyclic) bond motifs is 1. The highest BCUT2D eigenvalue weighted by Gasteiger charge is 2.41. The second-order valence-electron chi connectivity index (χ2n) is 3.73. The molecule has 0 aromatic carbocycles. The molecule has 1 aliphatic carbocycles. The standard InChI is InChI=1S/C10H13NO/c1-7(12)10-6-8-4-3-5-9(8)11(10)2/h8-10H,5-6H2,1-2H3/t8-,9-,10+/m1/s1. The van der Waals surface area contributed by atoms with Crippen molar-refractivity contribution in [3.8, 4) is 11.8 Å². The van der Waals surface area contributed by atoms with Crippen LogP contribution in [0.25, 0.3) is 0 Å². The van der Waals surface area contributed by atoms with E-state index in [4.69, 9.17) is 0 Å². The van der Waals surface area contributed by atoms with E-state index in [0.717, 1.165) is 12.8 Å². The highest BCUT2D eigenvalue weighted by Crippen LogP contribution is 2.32. The zero-order valence-corrected chi connectivity index (χ0v) is 7.50. The van der Waals surface area contributed by atoms with E-state index in [1.54, 1.807) is 6.92 Å². The average Bonchev–Trinajstić information content (AvgIpc) is 2.53. The third kappa shape index (κ3) is 0.971. The summed E-state index contributed by atoms with van der Waals surface area (Å²) in [5.41, 5.74) is 0. The van der Waals surface area contributed by atoms with Crippen molar-refractivity contribution in [1.82, 2.24) is 4.90 Å². The molecule has 2 aliphatic rings. The van der Waals surface area contributed by atoms with Gasteiger partial charge >= 0.3 is 0 Å². The van der Waals surface area contributed by atoms with Crippen molar-refractivity contribution in [2.45, 2.75) is 31.8 Å². The van der Waals surface area contributed by atoms with Crippen molar-refractivity contribution in [3.05, 3.63) is 0 Å². The topological polar surface area (TPSA) is 20.3 Å². The monoisotopic (exact) mass is 163 g/mol. The molecular formula is C10H13NO. The summed E-state index contributed by atoms with van der Waals surface area (Å²) in [7, 11) is 2.03. The molecule has 2 heteroatoms. The fourth-order valence-electron chi connectivity index (χ4n) is 2.27. The van der Waals surface area contributed by atoms with Gasteiger partial charge in [-0.2, -0.15) is 0 Å². The van der Waals surface area contributed by atoms with Gasteiger partial charge in [-0.05, 0) is 20.4 Å². The molecule has 3 atom stereocenters. The minimum atomic E-state index is 0.134. The fraction of sp³-hybridized carbons (Fsp3) is 0.700. The zero-order valence-electron chi connectivity index (χ0n) is 7.50. The molecule has 2 nitrogen and oxygen atoms in total. The number of Topliss-reactive ketones (excluding diaryl/α,β-unsaturated/α-hetero) is 1. The average molecular weight is 163 g/mol. The summed E-state index contributed by atoms with van der Waals surface area (Å²) in [5.74, 6) is 7.05. The van der Waals surface area contributed by atoms with Crippen molar-refractivity contribution in [3.63, 3.8) is 0 Å². The third-order valence-electron chi connectivity index (χ3n) is 3.02. The molecule has 2 rings (SSSR count). The maximum absolute atomic E-state index is 11.2. The first kappa shape index (κ1) is 7.82. The molecule has 1 aliphatic heterocycles. The van der Waals surface area contributed by atoms with Gasteiger partial charge in [0.05, 0.1) is 6.04 Å². The Balaban J connectivity index is 2.16. The van der Waals surface area contributed by atoms with Gasteiger partial charge in [-0.1, -0.05) is 5.92 Å². The normalized spacial score (nSPS) is 39.0. The summed E-state index contributed by atoms with van der Waals surface area (Å²) in [6.45, 7) is 1.68. The van der Waals surface area contributed by atoms with Crippen molar-refractivity contribution in [2.24, 2.45) is 5.92 Å².